The molecular weight excluding hydrogens is 270 g/mol. The van der Waals surface area contributed by atoms with Crippen molar-refractivity contribution in [2.75, 3.05) is 19.5 Å². The molecule has 1 aromatic carbocycles. The van der Waals surface area contributed by atoms with Crippen molar-refractivity contribution in [3.63, 3.8) is 0 Å². The molecule has 2 N–H and O–H groups in total. The number of fused-ring (bicyclic) bond motifs is 1. The number of anilines is 1. The van der Waals surface area contributed by atoms with Gasteiger partial charge in [0.05, 0.1) is 18.7 Å². The number of nitrogen functional groups attached to an aromatic ring is 1. The smallest absolute Gasteiger partial charge is 0.343 e. The van der Waals surface area contributed by atoms with Gasteiger partial charge in [-0.2, -0.15) is 0 Å². The van der Waals surface area contributed by atoms with Crippen LogP contribution in [-0.4, -0.2) is 29.7 Å². The van der Waals surface area contributed by atoms with Crippen LogP contribution in [0.1, 0.15) is 33.4 Å². The predicted octanol–water partition coefficient (Wildman–Crippen LogP) is 1.68. The number of methoxy groups -OCH3 is 1. The van der Waals surface area contributed by atoms with Crippen LogP contribution in [0, 0.1) is 6.92 Å². The predicted molar refractivity (Wildman–Crippen MR) is 76.3 cm³/mol. The van der Waals surface area contributed by atoms with E-state index in [0.717, 1.165) is 11.3 Å². The van der Waals surface area contributed by atoms with E-state index < -0.39 is 5.97 Å². The summed E-state index contributed by atoms with van der Waals surface area (Å²) in [5.74, 6) is 0.921. The third-order valence-corrected chi connectivity index (χ3v) is 3.54. The lowest BCUT2D eigenvalue weighted by molar-refractivity contribution is 0.0600. The summed E-state index contributed by atoms with van der Waals surface area (Å²) >= 11 is 0. The fraction of sp³-hybridized carbons (Fsp3) is 0.267. The zero-order valence-corrected chi connectivity index (χ0v) is 11.8. The molecule has 0 amide bonds. The summed E-state index contributed by atoms with van der Waals surface area (Å²) in [7, 11) is 1.30. The molecule has 1 atom stereocenters. The van der Waals surface area contributed by atoms with Crippen LogP contribution in [0.25, 0.3) is 0 Å². The van der Waals surface area contributed by atoms with Gasteiger partial charge in [0.2, 0.25) is 0 Å². The highest BCUT2D eigenvalue weighted by Gasteiger charge is 2.29. The van der Waals surface area contributed by atoms with Crippen molar-refractivity contribution in [2.45, 2.75) is 12.8 Å². The van der Waals surface area contributed by atoms with E-state index >= 15 is 0 Å². The molecule has 0 saturated carbocycles. The van der Waals surface area contributed by atoms with Crippen LogP contribution < -0.4 is 10.5 Å². The van der Waals surface area contributed by atoms with Gasteiger partial charge in [-0.25, -0.2) is 14.8 Å². The number of esters is 1. The number of carbonyl (C=O) groups excluding carboxylic acids is 1. The Labute approximate surface area is 121 Å². The normalized spacial score (nSPS) is 16.2. The Balaban J connectivity index is 2.04. The summed E-state index contributed by atoms with van der Waals surface area (Å²) in [6.07, 6.45) is 0. The van der Waals surface area contributed by atoms with Crippen LogP contribution in [0.2, 0.25) is 0 Å². The lowest BCUT2D eigenvalue weighted by atomic mass is 10.00. The summed E-state index contributed by atoms with van der Waals surface area (Å²) in [6.45, 7) is 2.19. The van der Waals surface area contributed by atoms with Gasteiger partial charge in [-0.05, 0) is 13.0 Å². The van der Waals surface area contributed by atoms with Crippen LogP contribution >= 0.6 is 0 Å². The molecule has 1 aliphatic rings. The number of benzene rings is 1. The molecule has 21 heavy (non-hydrogen) atoms. The summed E-state index contributed by atoms with van der Waals surface area (Å²) in [5.41, 5.74) is 7.65. The number of aromatic nitrogens is 2. The molecule has 1 aliphatic heterocycles. The van der Waals surface area contributed by atoms with Crippen molar-refractivity contribution < 1.29 is 14.3 Å². The lowest BCUT2D eigenvalue weighted by Crippen LogP contribution is -2.16. The summed E-state index contributed by atoms with van der Waals surface area (Å²) in [4.78, 5) is 20.4. The highest BCUT2D eigenvalue weighted by molar-refractivity contribution is 5.95. The van der Waals surface area contributed by atoms with Gasteiger partial charge < -0.3 is 15.2 Å². The molecular formula is C15H15N3O3. The van der Waals surface area contributed by atoms with E-state index in [9.17, 15) is 4.79 Å². The lowest BCUT2D eigenvalue weighted by Gasteiger charge is -2.12. The van der Waals surface area contributed by atoms with Crippen molar-refractivity contribution in [3.8, 4) is 5.75 Å². The van der Waals surface area contributed by atoms with Gasteiger partial charge in [0.1, 0.15) is 29.6 Å². The van der Waals surface area contributed by atoms with E-state index in [-0.39, 0.29) is 17.3 Å². The number of hydrogen-bond donors (Lipinski definition) is 1. The maximum absolute atomic E-state index is 11.7. The SMILES string of the molecule is COC(=O)c1c(C)nc(C2COc3ccccc32)nc1N. The monoisotopic (exact) mass is 285 g/mol. The molecule has 1 aromatic heterocycles. The van der Waals surface area contributed by atoms with Gasteiger partial charge in [-0.15, -0.1) is 0 Å². The topological polar surface area (TPSA) is 87.3 Å². The van der Waals surface area contributed by atoms with Gasteiger partial charge in [0, 0.05) is 5.56 Å². The minimum Gasteiger partial charge on any atom is -0.492 e. The average Bonchev–Trinajstić information content (AvgIpc) is 2.90. The van der Waals surface area contributed by atoms with E-state index in [0.29, 0.717) is 18.1 Å². The summed E-state index contributed by atoms with van der Waals surface area (Å²) < 4.78 is 10.3. The van der Waals surface area contributed by atoms with Gasteiger partial charge in [0.25, 0.3) is 0 Å². The Kier molecular flexibility index (Phi) is 3.21. The molecule has 6 nitrogen and oxygen atoms in total. The molecule has 2 heterocycles. The zero-order valence-electron chi connectivity index (χ0n) is 11.8. The second-order valence-electron chi connectivity index (χ2n) is 4.82. The number of aryl methyl sites for hydroxylation is 1. The molecule has 1 unspecified atom stereocenters. The third kappa shape index (κ3) is 2.18. The molecule has 108 valence electrons. The van der Waals surface area contributed by atoms with E-state index in [1.807, 2.05) is 24.3 Å². The molecule has 0 saturated heterocycles. The van der Waals surface area contributed by atoms with Crippen molar-refractivity contribution in [3.05, 3.63) is 46.9 Å². The summed E-state index contributed by atoms with van der Waals surface area (Å²) in [5, 5.41) is 0. The van der Waals surface area contributed by atoms with Crippen molar-refractivity contribution in [1.29, 1.82) is 0 Å². The maximum atomic E-state index is 11.7. The standard InChI is InChI=1S/C15H15N3O3/c1-8-12(15(19)20-2)13(16)18-14(17-8)10-7-21-11-6-4-3-5-9(10)11/h3-6,10H,7H2,1-2H3,(H2,16,17,18). The van der Waals surface area contributed by atoms with E-state index in [2.05, 4.69) is 9.97 Å². The Morgan fingerprint density at radius 1 is 1.38 bits per heavy atom. The Bertz CT molecular complexity index is 692. The first-order valence-corrected chi connectivity index (χ1v) is 6.56. The fourth-order valence-electron chi connectivity index (χ4n) is 2.50. The second-order valence-corrected chi connectivity index (χ2v) is 4.82. The minimum atomic E-state index is -0.528. The first kappa shape index (κ1) is 13.4. The minimum absolute atomic E-state index is 0.0751. The Morgan fingerprint density at radius 3 is 2.86 bits per heavy atom. The summed E-state index contributed by atoms with van der Waals surface area (Å²) in [6, 6.07) is 7.76. The Hall–Kier alpha value is -2.63. The molecule has 3 rings (SSSR count). The molecule has 0 spiro atoms. The first-order valence-electron chi connectivity index (χ1n) is 6.56. The number of carbonyl (C=O) groups is 1. The maximum Gasteiger partial charge on any atom is 0.343 e. The number of nitrogens with zero attached hydrogens (tertiary/aromatic N) is 2. The Morgan fingerprint density at radius 2 is 2.14 bits per heavy atom. The van der Waals surface area contributed by atoms with Crippen molar-refractivity contribution >= 4 is 11.8 Å². The zero-order chi connectivity index (χ0) is 15.0. The number of ether oxygens (including phenoxy) is 2. The first-order chi connectivity index (χ1) is 10.1. The quantitative estimate of drug-likeness (QED) is 0.845. The van der Waals surface area contributed by atoms with Crippen LogP contribution in [0.3, 0.4) is 0 Å². The highest BCUT2D eigenvalue weighted by Crippen LogP contribution is 2.37. The second kappa shape index (κ2) is 5.05. The van der Waals surface area contributed by atoms with Crippen LogP contribution in [0.15, 0.2) is 24.3 Å². The van der Waals surface area contributed by atoms with E-state index in [1.165, 1.54) is 7.11 Å². The number of para-hydroxylation sites is 1. The molecule has 2 aromatic rings. The van der Waals surface area contributed by atoms with Crippen LogP contribution in [0.5, 0.6) is 5.75 Å². The average molecular weight is 285 g/mol. The van der Waals surface area contributed by atoms with Crippen LogP contribution in [-0.2, 0) is 4.74 Å². The molecule has 6 heteroatoms. The number of hydrogen-bond acceptors (Lipinski definition) is 6. The van der Waals surface area contributed by atoms with Gasteiger partial charge in [-0.1, -0.05) is 18.2 Å². The third-order valence-electron chi connectivity index (χ3n) is 3.54. The van der Waals surface area contributed by atoms with Gasteiger partial charge >= 0.3 is 5.97 Å². The van der Waals surface area contributed by atoms with Crippen LogP contribution in [0.4, 0.5) is 5.82 Å². The van der Waals surface area contributed by atoms with Crippen molar-refractivity contribution in [1.82, 2.24) is 9.97 Å². The molecule has 0 aliphatic carbocycles. The largest absolute Gasteiger partial charge is 0.492 e. The van der Waals surface area contributed by atoms with Gasteiger partial charge in [0.15, 0.2) is 0 Å². The van der Waals surface area contributed by atoms with E-state index in [4.69, 9.17) is 15.2 Å². The highest BCUT2D eigenvalue weighted by atomic mass is 16.5. The molecule has 0 bridgehead atoms. The fourth-order valence-corrected chi connectivity index (χ4v) is 2.50. The molecule has 0 fully saturated rings. The molecule has 0 radical (unpaired) electrons. The number of rotatable bonds is 2. The van der Waals surface area contributed by atoms with E-state index in [1.54, 1.807) is 6.92 Å². The van der Waals surface area contributed by atoms with Crippen molar-refractivity contribution in [2.24, 2.45) is 0 Å². The van der Waals surface area contributed by atoms with Gasteiger partial charge in [-0.3, -0.25) is 0 Å². The number of nitrogens with two attached hydrogens (primary N) is 1.